The average molecular weight is 342 g/mol. The molecule has 4 nitrogen and oxygen atoms in total. The molecule has 1 rings (SSSR count). The molecule has 0 unspecified atom stereocenters. The van der Waals surface area contributed by atoms with Crippen molar-refractivity contribution in [2.75, 3.05) is 0 Å². The lowest BCUT2D eigenvalue weighted by molar-refractivity contribution is 0.282. The first-order valence-corrected chi connectivity index (χ1v) is 10.4. The Labute approximate surface area is 140 Å². The van der Waals surface area contributed by atoms with Crippen LogP contribution in [0.15, 0.2) is 24.3 Å². The van der Waals surface area contributed by atoms with E-state index in [1.54, 1.807) is 12.1 Å². The summed E-state index contributed by atoms with van der Waals surface area (Å²) in [5, 5.41) is 0. The highest BCUT2D eigenvalue weighted by atomic mass is 31.2. The molecule has 0 saturated heterocycles. The van der Waals surface area contributed by atoms with Gasteiger partial charge in [0.15, 0.2) is 0 Å². The molecule has 0 amide bonds. The Kier molecular flexibility index (Phi) is 10.3. The summed E-state index contributed by atoms with van der Waals surface area (Å²) in [6, 6.07) is 7.09. The molecular formula is C18H31O4P. The third-order valence-electron chi connectivity index (χ3n) is 3.99. The molecule has 0 atom stereocenters. The summed E-state index contributed by atoms with van der Waals surface area (Å²) in [6.07, 6.45) is 13.5. The van der Waals surface area contributed by atoms with Crippen LogP contribution in [-0.4, -0.2) is 9.79 Å². The monoisotopic (exact) mass is 342 g/mol. The summed E-state index contributed by atoms with van der Waals surface area (Å²) in [6.45, 7) is 2.24. The summed E-state index contributed by atoms with van der Waals surface area (Å²) < 4.78 is 15.7. The lowest BCUT2D eigenvalue weighted by atomic mass is 10.0. The number of aryl methyl sites for hydroxylation is 1. The molecule has 0 fully saturated rings. The SMILES string of the molecule is CCCCCCCCCCCCc1ccccc1OP(=O)(O)O. The fourth-order valence-corrected chi connectivity index (χ4v) is 3.16. The van der Waals surface area contributed by atoms with Crippen LogP contribution in [0, 0.1) is 0 Å². The molecule has 0 aliphatic rings. The molecule has 0 aliphatic heterocycles. The molecule has 0 aromatic heterocycles. The molecule has 1 aromatic rings. The van der Waals surface area contributed by atoms with Gasteiger partial charge in [0, 0.05) is 0 Å². The minimum atomic E-state index is -4.48. The van der Waals surface area contributed by atoms with Crippen LogP contribution in [0.1, 0.15) is 76.7 Å². The van der Waals surface area contributed by atoms with Crippen molar-refractivity contribution in [2.45, 2.75) is 77.6 Å². The standard InChI is InChI=1S/C18H31O4P/c1-2-3-4-5-6-7-8-9-10-11-14-17-15-12-13-16-18(17)22-23(19,20)21/h12-13,15-16H,2-11,14H2,1H3,(H2,19,20,21). The molecule has 0 spiro atoms. The van der Waals surface area contributed by atoms with E-state index in [4.69, 9.17) is 14.3 Å². The number of phosphoric acid groups is 1. The Morgan fingerprint density at radius 3 is 1.96 bits per heavy atom. The molecule has 23 heavy (non-hydrogen) atoms. The molecule has 0 bridgehead atoms. The van der Waals surface area contributed by atoms with E-state index in [0.29, 0.717) is 5.75 Å². The molecule has 0 heterocycles. The summed E-state index contributed by atoms with van der Waals surface area (Å²) in [4.78, 5) is 17.9. The van der Waals surface area contributed by atoms with Crippen LogP contribution in [0.25, 0.3) is 0 Å². The molecule has 0 radical (unpaired) electrons. The zero-order chi connectivity index (χ0) is 17.0. The van der Waals surface area contributed by atoms with Gasteiger partial charge in [-0.3, -0.25) is 9.79 Å². The highest BCUT2D eigenvalue weighted by molar-refractivity contribution is 7.46. The number of para-hydroxylation sites is 1. The van der Waals surface area contributed by atoms with E-state index in [2.05, 4.69) is 6.92 Å². The van der Waals surface area contributed by atoms with Gasteiger partial charge in [-0.25, -0.2) is 4.57 Å². The fourth-order valence-electron chi connectivity index (χ4n) is 2.73. The Bertz CT molecular complexity index is 470. The van der Waals surface area contributed by atoms with Gasteiger partial charge in [0.2, 0.25) is 0 Å². The van der Waals surface area contributed by atoms with Crippen molar-refractivity contribution < 1.29 is 18.9 Å². The molecule has 132 valence electrons. The van der Waals surface area contributed by atoms with Crippen LogP contribution in [0.5, 0.6) is 5.75 Å². The van der Waals surface area contributed by atoms with Crippen LogP contribution < -0.4 is 4.52 Å². The second-order valence-corrected chi connectivity index (χ2v) is 7.29. The van der Waals surface area contributed by atoms with Gasteiger partial charge in [-0.1, -0.05) is 82.9 Å². The molecule has 5 heteroatoms. The number of phosphoric ester groups is 1. The first-order valence-electron chi connectivity index (χ1n) is 8.86. The highest BCUT2D eigenvalue weighted by Gasteiger charge is 2.17. The van der Waals surface area contributed by atoms with E-state index in [9.17, 15) is 4.57 Å². The normalized spacial score (nSPS) is 11.6. The average Bonchev–Trinajstić information content (AvgIpc) is 2.49. The molecule has 1 aromatic carbocycles. The van der Waals surface area contributed by atoms with Crippen molar-refractivity contribution in [2.24, 2.45) is 0 Å². The van der Waals surface area contributed by atoms with Gasteiger partial charge < -0.3 is 4.52 Å². The zero-order valence-corrected chi connectivity index (χ0v) is 15.1. The maximum absolute atomic E-state index is 11.0. The first kappa shape index (κ1) is 20.2. The molecular weight excluding hydrogens is 311 g/mol. The van der Waals surface area contributed by atoms with Crippen LogP contribution in [0.3, 0.4) is 0 Å². The predicted molar refractivity (Wildman–Crippen MR) is 94.7 cm³/mol. The maximum Gasteiger partial charge on any atom is 0.524 e. The fraction of sp³-hybridized carbons (Fsp3) is 0.667. The van der Waals surface area contributed by atoms with Crippen molar-refractivity contribution in [1.29, 1.82) is 0 Å². The van der Waals surface area contributed by atoms with Crippen molar-refractivity contribution >= 4 is 7.82 Å². The maximum atomic E-state index is 11.0. The Hall–Kier alpha value is -0.830. The molecule has 0 aliphatic carbocycles. The van der Waals surface area contributed by atoms with Crippen molar-refractivity contribution in [3.8, 4) is 5.75 Å². The number of unbranched alkanes of at least 4 members (excludes halogenated alkanes) is 9. The van der Waals surface area contributed by atoms with Gasteiger partial charge >= 0.3 is 7.82 Å². The minimum Gasteiger partial charge on any atom is -0.404 e. The van der Waals surface area contributed by atoms with E-state index in [0.717, 1.165) is 24.8 Å². The number of benzene rings is 1. The van der Waals surface area contributed by atoms with E-state index in [1.165, 1.54) is 51.4 Å². The zero-order valence-electron chi connectivity index (χ0n) is 14.2. The summed E-state index contributed by atoms with van der Waals surface area (Å²) in [5.74, 6) is 0.303. The highest BCUT2D eigenvalue weighted by Crippen LogP contribution is 2.39. The Morgan fingerprint density at radius 2 is 1.39 bits per heavy atom. The predicted octanol–water partition coefficient (Wildman–Crippen LogP) is 5.62. The van der Waals surface area contributed by atoms with Gasteiger partial charge in [-0.2, -0.15) is 0 Å². The third-order valence-corrected chi connectivity index (χ3v) is 4.42. The van der Waals surface area contributed by atoms with Crippen LogP contribution >= 0.6 is 7.82 Å². The van der Waals surface area contributed by atoms with Crippen molar-refractivity contribution in [3.05, 3.63) is 29.8 Å². The van der Waals surface area contributed by atoms with Gasteiger partial charge in [-0.05, 0) is 24.5 Å². The number of hydrogen-bond donors (Lipinski definition) is 2. The lowest BCUT2D eigenvalue weighted by Crippen LogP contribution is -1.95. The Morgan fingerprint density at radius 1 is 0.870 bits per heavy atom. The van der Waals surface area contributed by atoms with Crippen molar-refractivity contribution in [1.82, 2.24) is 0 Å². The van der Waals surface area contributed by atoms with E-state index >= 15 is 0 Å². The topological polar surface area (TPSA) is 66.8 Å². The first-order chi connectivity index (χ1) is 11.0. The molecule has 0 saturated carbocycles. The second-order valence-electron chi connectivity index (χ2n) is 6.12. The minimum absolute atomic E-state index is 0.303. The van der Waals surface area contributed by atoms with Gasteiger partial charge in [0.25, 0.3) is 0 Å². The smallest absolute Gasteiger partial charge is 0.404 e. The summed E-state index contributed by atoms with van der Waals surface area (Å²) in [7, 11) is -4.48. The molecule has 2 N–H and O–H groups in total. The number of rotatable bonds is 13. The third kappa shape index (κ3) is 10.5. The van der Waals surface area contributed by atoms with Gasteiger partial charge in [0.05, 0.1) is 0 Å². The van der Waals surface area contributed by atoms with Crippen molar-refractivity contribution in [3.63, 3.8) is 0 Å². The van der Waals surface area contributed by atoms with Gasteiger partial charge in [-0.15, -0.1) is 0 Å². The lowest BCUT2D eigenvalue weighted by Gasteiger charge is -2.11. The largest absolute Gasteiger partial charge is 0.524 e. The van der Waals surface area contributed by atoms with E-state index in [1.807, 2.05) is 12.1 Å². The Balaban J connectivity index is 2.15. The van der Waals surface area contributed by atoms with E-state index < -0.39 is 7.82 Å². The summed E-state index contributed by atoms with van der Waals surface area (Å²) >= 11 is 0. The summed E-state index contributed by atoms with van der Waals surface area (Å²) in [5.41, 5.74) is 0.871. The quantitative estimate of drug-likeness (QED) is 0.360. The van der Waals surface area contributed by atoms with Crippen LogP contribution in [0.2, 0.25) is 0 Å². The second kappa shape index (κ2) is 11.7. The number of hydrogen-bond acceptors (Lipinski definition) is 2. The van der Waals surface area contributed by atoms with Gasteiger partial charge in [0.1, 0.15) is 5.75 Å². The van der Waals surface area contributed by atoms with E-state index in [-0.39, 0.29) is 0 Å². The van der Waals surface area contributed by atoms with Crippen LogP contribution in [0.4, 0.5) is 0 Å². The van der Waals surface area contributed by atoms with Crippen LogP contribution in [-0.2, 0) is 11.0 Å².